The Morgan fingerprint density at radius 1 is 1.64 bits per heavy atom. The van der Waals surface area contributed by atoms with Gasteiger partial charge in [-0.2, -0.15) is 0 Å². The summed E-state index contributed by atoms with van der Waals surface area (Å²) in [5.74, 6) is -0.180. The highest BCUT2D eigenvalue weighted by Crippen LogP contribution is 2.29. The van der Waals surface area contributed by atoms with Gasteiger partial charge in [-0.05, 0) is 19.8 Å². The minimum Gasteiger partial charge on any atom is -0.469 e. The molecule has 0 radical (unpaired) electrons. The summed E-state index contributed by atoms with van der Waals surface area (Å²) in [4.78, 5) is 13.3. The molecular weight excluding hydrogens is 182 g/mol. The largest absolute Gasteiger partial charge is 0.469 e. The molecular formula is C10H19NO3. The Kier molecular flexibility index (Phi) is 4.35. The van der Waals surface area contributed by atoms with E-state index in [1.54, 1.807) is 0 Å². The zero-order valence-electron chi connectivity index (χ0n) is 8.90. The Hall–Kier alpha value is -0.610. The van der Waals surface area contributed by atoms with Crippen LogP contribution in [0, 0.1) is 0 Å². The summed E-state index contributed by atoms with van der Waals surface area (Å²) < 4.78 is 4.62. The molecule has 14 heavy (non-hydrogen) atoms. The summed E-state index contributed by atoms with van der Waals surface area (Å²) >= 11 is 0. The molecule has 0 aromatic heterocycles. The normalized spacial score (nSPS) is 18.3. The molecule has 1 aliphatic carbocycles. The molecule has 0 aliphatic heterocycles. The third-order valence-electron chi connectivity index (χ3n) is 2.63. The molecule has 1 N–H and O–H groups in total. The van der Waals surface area contributed by atoms with E-state index < -0.39 is 0 Å². The van der Waals surface area contributed by atoms with Crippen LogP contribution in [0.15, 0.2) is 0 Å². The average molecular weight is 201 g/mol. The van der Waals surface area contributed by atoms with Crippen LogP contribution in [-0.2, 0) is 9.53 Å². The number of carbonyl (C=O) groups is 1. The van der Waals surface area contributed by atoms with Crippen molar-refractivity contribution in [2.75, 3.05) is 20.3 Å². The maximum atomic E-state index is 11.1. The van der Waals surface area contributed by atoms with Crippen molar-refractivity contribution in [1.82, 2.24) is 4.90 Å². The fourth-order valence-corrected chi connectivity index (χ4v) is 1.73. The second-order valence-electron chi connectivity index (χ2n) is 3.82. The number of esters is 1. The molecule has 1 saturated carbocycles. The highest BCUT2D eigenvalue weighted by molar-refractivity contribution is 5.69. The molecule has 0 saturated heterocycles. The molecule has 1 fully saturated rings. The number of nitrogens with zero attached hydrogens (tertiary/aromatic N) is 1. The van der Waals surface area contributed by atoms with E-state index in [9.17, 15) is 4.79 Å². The first kappa shape index (κ1) is 11.5. The van der Waals surface area contributed by atoms with E-state index in [0.717, 1.165) is 0 Å². The van der Waals surface area contributed by atoms with Crippen LogP contribution in [0.4, 0.5) is 0 Å². The van der Waals surface area contributed by atoms with Gasteiger partial charge in [-0.1, -0.05) is 0 Å². The van der Waals surface area contributed by atoms with Gasteiger partial charge in [0.05, 0.1) is 20.1 Å². The fraction of sp³-hybridized carbons (Fsp3) is 0.900. The van der Waals surface area contributed by atoms with E-state index in [2.05, 4.69) is 9.64 Å². The van der Waals surface area contributed by atoms with E-state index >= 15 is 0 Å². The highest BCUT2D eigenvalue weighted by Gasteiger charge is 2.32. The summed E-state index contributed by atoms with van der Waals surface area (Å²) in [5, 5.41) is 8.90. The predicted molar refractivity (Wildman–Crippen MR) is 52.9 cm³/mol. The van der Waals surface area contributed by atoms with E-state index in [1.165, 1.54) is 20.0 Å². The van der Waals surface area contributed by atoms with Crippen LogP contribution in [0.3, 0.4) is 0 Å². The van der Waals surface area contributed by atoms with Crippen LogP contribution < -0.4 is 0 Å². The first-order valence-corrected chi connectivity index (χ1v) is 5.12. The van der Waals surface area contributed by atoms with Crippen molar-refractivity contribution in [3.8, 4) is 0 Å². The number of carbonyl (C=O) groups excluding carboxylic acids is 1. The average Bonchev–Trinajstić information content (AvgIpc) is 2.97. The number of aliphatic hydroxyl groups is 1. The molecule has 0 aromatic carbocycles. The number of ether oxygens (including phenoxy) is 1. The molecule has 4 nitrogen and oxygen atoms in total. The maximum Gasteiger partial charge on any atom is 0.307 e. The van der Waals surface area contributed by atoms with Crippen LogP contribution in [0.1, 0.15) is 26.2 Å². The van der Waals surface area contributed by atoms with Crippen molar-refractivity contribution in [2.45, 2.75) is 38.3 Å². The van der Waals surface area contributed by atoms with Gasteiger partial charge in [-0.3, -0.25) is 9.69 Å². The van der Waals surface area contributed by atoms with Crippen LogP contribution in [-0.4, -0.2) is 48.3 Å². The Bertz CT molecular complexity index is 192. The number of hydrogen-bond acceptors (Lipinski definition) is 4. The smallest absolute Gasteiger partial charge is 0.307 e. The van der Waals surface area contributed by atoms with Crippen molar-refractivity contribution in [1.29, 1.82) is 0 Å². The molecule has 0 aromatic rings. The molecule has 0 bridgehead atoms. The van der Waals surface area contributed by atoms with Gasteiger partial charge in [0.25, 0.3) is 0 Å². The van der Waals surface area contributed by atoms with Gasteiger partial charge < -0.3 is 9.84 Å². The van der Waals surface area contributed by atoms with Gasteiger partial charge in [0, 0.05) is 18.6 Å². The Balaban J connectivity index is 2.37. The maximum absolute atomic E-state index is 11.1. The van der Waals surface area contributed by atoms with Crippen LogP contribution in [0.2, 0.25) is 0 Å². The monoisotopic (exact) mass is 201 g/mol. The lowest BCUT2D eigenvalue weighted by atomic mass is 10.2. The first-order valence-electron chi connectivity index (χ1n) is 5.12. The topological polar surface area (TPSA) is 49.8 Å². The van der Waals surface area contributed by atoms with Crippen molar-refractivity contribution < 1.29 is 14.6 Å². The van der Waals surface area contributed by atoms with Crippen molar-refractivity contribution in [3.63, 3.8) is 0 Å². The quantitative estimate of drug-likeness (QED) is 0.632. The van der Waals surface area contributed by atoms with Gasteiger partial charge in [0.2, 0.25) is 0 Å². The lowest BCUT2D eigenvalue weighted by Gasteiger charge is -2.27. The SMILES string of the molecule is COC(=O)CC(C)N(CCO)C1CC1. The summed E-state index contributed by atoms with van der Waals surface area (Å²) in [6.45, 7) is 2.82. The van der Waals surface area contributed by atoms with E-state index in [1.807, 2.05) is 6.92 Å². The Morgan fingerprint density at radius 3 is 2.71 bits per heavy atom. The van der Waals surface area contributed by atoms with Gasteiger partial charge in [0.1, 0.15) is 0 Å². The molecule has 4 heteroatoms. The van der Waals surface area contributed by atoms with E-state index in [-0.39, 0.29) is 18.6 Å². The highest BCUT2D eigenvalue weighted by atomic mass is 16.5. The molecule has 0 spiro atoms. The van der Waals surface area contributed by atoms with E-state index in [0.29, 0.717) is 19.0 Å². The summed E-state index contributed by atoms with van der Waals surface area (Å²) in [6.07, 6.45) is 2.78. The van der Waals surface area contributed by atoms with Crippen LogP contribution >= 0.6 is 0 Å². The van der Waals surface area contributed by atoms with Gasteiger partial charge in [-0.15, -0.1) is 0 Å². The predicted octanol–water partition coefficient (Wildman–Crippen LogP) is 0.395. The van der Waals surface area contributed by atoms with Gasteiger partial charge in [0.15, 0.2) is 0 Å². The first-order chi connectivity index (χ1) is 6.69. The minimum atomic E-state index is -0.180. The standard InChI is InChI=1S/C10H19NO3/c1-8(7-10(13)14-2)11(5-6-12)9-3-4-9/h8-9,12H,3-7H2,1-2H3. The molecule has 1 rings (SSSR count). The minimum absolute atomic E-state index is 0.155. The summed E-state index contributed by atoms with van der Waals surface area (Å²) in [7, 11) is 1.41. The third-order valence-corrected chi connectivity index (χ3v) is 2.63. The van der Waals surface area contributed by atoms with Crippen LogP contribution in [0.25, 0.3) is 0 Å². The van der Waals surface area contributed by atoms with E-state index in [4.69, 9.17) is 5.11 Å². The van der Waals surface area contributed by atoms with Crippen molar-refractivity contribution in [3.05, 3.63) is 0 Å². The second-order valence-corrected chi connectivity index (χ2v) is 3.82. The summed E-state index contributed by atoms with van der Waals surface area (Å²) in [5.41, 5.74) is 0. The number of aliphatic hydroxyl groups excluding tert-OH is 1. The lowest BCUT2D eigenvalue weighted by Crippen LogP contribution is -2.38. The van der Waals surface area contributed by atoms with Gasteiger partial charge in [-0.25, -0.2) is 0 Å². The molecule has 1 atom stereocenters. The second kappa shape index (κ2) is 5.32. The fourth-order valence-electron chi connectivity index (χ4n) is 1.73. The molecule has 1 unspecified atom stereocenters. The Labute approximate surface area is 84.8 Å². The summed E-state index contributed by atoms with van der Waals surface area (Å²) in [6, 6.07) is 0.740. The Morgan fingerprint density at radius 2 is 2.29 bits per heavy atom. The lowest BCUT2D eigenvalue weighted by molar-refractivity contribution is -0.142. The molecule has 0 amide bonds. The van der Waals surface area contributed by atoms with Crippen molar-refractivity contribution in [2.24, 2.45) is 0 Å². The zero-order chi connectivity index (χ0) is 10.6. The van der Waals surface area contributed by atoms with Gasteiger partial charge >= 0.3 is 5.97 Å². The third kappa shape index (κ3) is 3.27. The number of rotatable bonds is 6. The molecule has 1 aliphatic rings. The zero-order valence-corrected chi connectivity index (χ0v) is 8.90. The van der Waals surface area contributed by atoms with Crippen molar-refractivity contribution >= 4 is 5.97 Å². The molecule has 0 heterocycles. The number of hydrogen-bond donors (Lipinski definition) is 1. The van der Waals surface area contributed by atoms with Crippen LogP contribution in [0.5, 0.6) is 0 Å². The molecule has 82 valence electrons. The number of methoxy groups -OCH3 is 1.